The van der Waals surface area contributed by atoms with Gasteiger partial charge in [-0.05, 0) is 5.92 Å². The van der Waals surface area contributed by atoms with Crippen molar-refractivity contribution in [3.05, 3.63) is 12.3 Å². The van der Waals surface area contributed by atoms with E-state index < -0.39 is 0 Å². The van der Waals surface area contributed by atoms with Crippen LogP contribution in [-0.4, -0.2) is 6.61 Å². The largest absolute Gasteiger partial charge is 0.497 e. The molecular formula is C7H12O. The minimum absolute atomic E-state index is 0.634. The van der Waals surface area contributed by atoms with E-state index in [-0.39, 0.29) is 0 Å². The van der Waals surface area contributed by atoms with Crippen LogP contribution in [0.25, 0.3) is 0 Å². The van der Waals surface area contributed by atoms with Gasteiger partial charge < -0.3 is 4.74 Å². The highest BCUT2D eigenvalue weighted by Crippen LogP contribution is 2.29. The Kier molecular flexibility index (Phi) is 1.28. The SMILES string of the molecule is C=C1OCC1C(C)C. The molecule has 0 aliphatic carbocycles. The first-order valence-corrected chi connectivity index (χ1v) is 3.03. The molecule has 1 heteroatoms. The number of hydrogen-bond donors (Lipinski definition) is 0. The first-order valence-electron chi connectivity index (χ1n) is 3.03. The van der Waals surface area contributed by atoms with Gasteiger partial charge in [0.15, 0.2) is 0 Å². The van der Waals surface area contributed by atoms with E-state index in [1.165, 1.54) is 0 Å². The van der Waals surface area contributed by atoms with E-state index in [0.717, 1.165) is 12.4 Å². The van der Waals surface area contributed by atoms with Crippen molar-refractivity contribution in [2.24, 2.45) is 11.8 Å². The summed E-state index contributed by atoms with van der Waals surface area (Å²) in [6.07, 6.45) is 0. The molecule has 1 nitrogen and oxygen atoms in total. The molecule has 46 valence electrons. The highest BCUT2D eigenvalue weighted by molar-refractivity contribution is 5.00. The first kappa shape index (κ1) is 5.67. The van der Waals surface area contributed by atoms with Crippen LogP contribution >= 0.6 is 0 Å². The summed E-state index contributed by atoms with van der Waals surface area (Å²) < 4.78 is 5.01. The maximum atomic E-state index is 5.01. The second-order valence-corrected chi connectivity index (χ2v) is 2.63. The molecule has 1 unspecified atom stereocenters. The van der Waals surface area contributed by atoms with Gasteiger partial charge in [-0.3, -0.25) is 0 Å². The van der Waals surface area contributed by atoms with Gasteiger partial charge in [0.25, 0.3) is 0 Å². The normalized spacial score (nSPS) is 27.4. The van der Waals surface area contributed by atoms with Crippen molar-refractivity contribution in [3.63, 3.8) is 0 Å². The molecule has 0 aromatic heterocycles. The molecule has 1 heterocycles. The predicted octanol–water partition coefficient (Wildman–Crippen LogP) is 1.80. The van der Waals surface area contributed by atoms with Crippen molar-refractivity contribution < 1.29 is 4.74 Å². The average Bonchev–Trinajstić information content (AvgIpc) is 1.61. The molecule has 1 atom stereocenters. The van der Waals surface area contributed by atoms with E-state index >= 15 is 0 Å². The molecule has 1 aliphatic heterocycles. The van der Waals surface area contributed by atoms with Gasteiger partial charge in [-0.2, -0.15) is 0 Å². The lowest BCUT2D eigenvalue weighted by molar-refractivity contribution is 0.0252. The summed E-state index contributed by atoms with van der Waals surface area (Å²) in [5.74, 6) is 2.31. The second kappa shape index (κ2) is 1.81. The Morgan fingerprint density at radius 1 is 1.75 bits per heavy atom. The fraction of sp³-hybridized carbons (Fsp3) is 0.714. The molecule has 8 heavy (non-hydrogen) atoms. The van der Waals surface area contributed by atoms with Crippen LogP contribution < -0.4 is 0 Å². The maximum Gasteiger partial charge on any atom is 0.0978 e. The Morgan fingerprint density at radius 3 is 2.38 bits per heavy atom. The van der Waals surface area contributed by atoms with Crippen molar-refractivity contribution in [3.8, 4) is 0 Å². The lowest BCUT2D eigenvalue weighted by atomic mass is 9.92. The molecule has 0 saturated carbocycles. The molecule has 0 aromatic carbocycles. The third-order valence-corrected chi connectivity index (χ3v) is 1.67. The van der Waals surface area contributed by atoms with Crippen LogP contribution in [0, 0.1) is 11.8 Å². The highest BCUT2D eigenvalue weighted by atomic mass is 16.5. The van der Waals surface area contributed by atoms with E-state index in [4.69, 9.17) is 4.74 Å². The van der Waals surface area contributed by atoms with Gasteiger partial charge in [-0.25, -0.2) is 0 Å². The molecule has 1 rings (SSSR count). The summed E-state index contributed by atoms with van der Waals surface area (Å²) >= 11 is 0. The summed E-state index contributed by atoms with van der Waals surface area (Å²) in [7, 11) is 0. The molecule has 1 aliphatic rings. The van der Waals surface area contributed by atoms with Crippen molar-refractivity contribution in [2.75, 3.05) is 6.61 Å². The van der Waals surface area contributed by atoms with Gasteiger partial charge in [0.05, 0.1) is 18.3 Å². The van der Waals surface area contributed by atoms with Gasteiger partial charge in [-0.15, -0.1) is 0 Å². The Morgan fingerprint density at radius 2 is 2.38 bits per heavy atom. The summed E-state index contributed by atoms with van der Waals surface area (Å²) in [6, 6.07) is 0. The number of hydrogen-bond acceptors (Lipinski definition) is 1. The zero-order valence-corrected chi connectivity index (χ0v) is 5.48. The van der Waals surface area contributed by atoms with E-state index in [2.05, 4.69) is 20.4 Å². The Hall–Kier alpha value is -0.460. The zero-order valence-electron chi connectivity index (χ0n) is 5.48. The molecular weight excluding hydrogens is 100 g/mol. The third-order valence-electron chi connectivity index (χ3n) is 1.67. The van der Waals surface area contributed by atoms with Gasteiger partial charge >= 0.3 is 0 Å². The highest BCUT2D eigenvalue weighted by Gasteiger charge is 2.26. The predicted molar refractivity (Wildman–Crippen MR) is 33.4 cm³/mol. The van der Waals surface area contributed by atoms with Crippen LogP contribution in [0.15, 0.2) is 12.3 Å². The van der Waals surface area contributed by atoms with Gasteiger partial charge in [0.2, 0.25) is 0 Å². The molecule has 0 spiro atoms. The van der Waals surface area contributed by atoms with Crippen molar-refractivity contribution in [2.45, 2.75) is 13.8 Å². The van der Waals surface area contributed by atoms with E-state index in [1.54, 1.807) is 0 Å². The smallest absolute Gasteiger partial charge is 0.0978 e. The first-order chi connectivity index (χ1) is 3.72. The number of rotatable bonds is 1. The monoisotopic (exact) mass is 112 g/mol. The van der Waals surface area contributed by atoms with E-state index in [0.29, 0.717) is 11.8 Å². The Balaban J connectivity index is 2.37. The standard InChI is InChI=1S/C7H12O/c1-5(2)7-4-8-6(7)3/h5,7H,3-4H2,1-2H3. The Labute approximate surface area is 50.3 Å². The van der Waals surface area contributed by atoms with Crippen molar-refractivity contribution >= 4 is 0 Å². The molecule has 1 fully saturated rings. The maximum absolute atomic E-state index is 5.01. The molecule has 1 saturated heterocycles. The fourth-order valence-corrected chi connectivity index (χ4v) is 0.862. The van der Waals surface area contributed by atoms with Crippen molar-refractivity contribution in [1.82, 2.24) is 0 Å². The molecule has 0 radical (unpaired) electrons. The third kappa shape index (κ3) is 0.726. The quantitative estimate of drug-likeness (QED) is 0.502. The number of ether oxygens (including phenoxy) is 1. The van der Waals surface area contributed by atoms with Crippen LogP contribution in [0.3, 0.4) is 0 Å². The van der Waals surface area contributed by atoms with Crippen LogP contribution in [0.4, 0.5) is 0 Å². The van der Waals surface area contributed by atoms with Crippen molar-refractivity contribution in [1.29, 1.82) is 0 Å². The summed E-state index contributed by atoms with van der Waals surface area (Å²) in [6.45, 7) is 9.01. The van der Waals surface area contributed by atoms with Crippen LogP contribution in [0.2, 0.25) is 0 Å². The minimum atomic E-state index is 0.634. The molecule has 0 N–H and O–H groups in total. The van der Waals surface area contributed by atoms with Gasteiger partial charge in [-0.1, -0.05) is 20.4 Å². The second-order valence-electron chi connectivity index (χ2n) is 2.63. The summed E-state index contributed by atoms with van der Waals surface area (Å²) in [5.41, 5.74) is 0. The minimum Gasteiger partial charge on any atom is -0.497 e. The lowest BCUT2D eigenvalue weighted by Gasteiger charge is -2.32. The summed E-state index contributed by atoms with van der Waals surface area (Å²) in [5, 5.41) is 0. The van der Waals surface area contributed by atoms with Gasteiger partial charge in [0.1, 0.15) is 0 Å². The topological polar surface area (TPSA) is 9.23 Å². The van der Waals surface area contributed by atoms with Crippen LogP contribution in [0.1, 0.15) is 13.8 Å². The average molecular weight is 112 g/mol. The van der Waals surface area contributed by atoms with Crippen LogP contribution in [0.5, 0.6) is 0 Å². The fourth-order valence-electron chi connectivity index (χ4n) is 0.862. The van der Waals surface area contributed by atoms with Gasteiger partial charge in [0, 0.05) is 0 Å². The van der Waals surface area contributed by atoms with E-state index in [1.807, 2.05) is 0 Å². The molecule has 0 aromatic rings. The van der Waals surface area contributed by atoms with Crippen LogP contribution in [-0.2, 0) is 4.74 Å². The van der Waals surface area contributed by atoms with E-state index in [9.17, 15) is 0 Å². The zero-order chi connectivity index (χ0) is 6.15. The summed E-state index contributed by atoms with van der Waals surface area (Å²) in [4.78, 5) is 0. The molecule has 0 bridgehead atoms. The molecule has 0 amide bonds. The Bertz CT molecular complexity index is 105. The lowest BCUT2D eigenvalue weighted by Crippen LogP contribution is -2.28.